The second-order valence-electron chi connectivity index (χ2n) is 8.74. The van der Waals surface area contributed by atoms with Crippen molar-refractivity contribution in [1.29, 1.82) is 0 Å². The van der Waals surface area contributed by atoms with Crippen molar-refractivity contribution in [2.24, 2.45) is 34.3 Å². The van der Waals surface area contributed by atoms with Gasteiger partial charge in [0, 0.05) is 17.0 Å². The van der Waals surface area contributed by atoms with E-state index in [2.05, 4.69) is 25.2 Å². The molecule has 3 aliphatic carbocycles. The molecule has 0 aromatic carbocycles. The first-order chi connectivity index (χ1) is 10.5. The summed E-state index contributed by atoms with van der Waals surface area (Å²) in [5.41, 5.74) is 7.13. The standard InChI is InChI=1S/C19H30N2O/c1-18-10-8-14-12(13(18)5-6-15(18)17(20)22)4-7-16-19(14,2)9-3-11-21-16/h6,12-14,16,21H,3-5,7-11H2,1-2H3,(H2,20,22)/t12-,13-,14+,16?,18-,19+/m0/s1. The highest BCUT2D eigenvalue weighted by Gasteiger charge is 2.58. The van der Waals surface area contributed by atoms with E-state index in [1.165, 1.54) is 38.6 Å². The topological polar surface area (TPSA) is 55.1 Å². The van der Waals surface area contributed by atoms with Crippen molar-refractivity contribution >= 4 is 5.91 Å². The monoisotopic (exact) mass is 302 g/mol. The van der Waals surface area contributed by atoms with Crippen LogP contribution in [-0.4, -0.2) is 18.5 Å². The van der Waals surface area contributed by atoms with Crippen LogP contribution in [0.5, 0.6) is 0 Å². The Kier molecular flexibility index (Phi) is 3.24. The second kappa shape index (κ2) is 4.83. The summed E-state index contributed by atoms with van der Waals surface area (Å²) in [5.74, 6) is 2.09. The maximum Gasteiger partial charge on any atom is 0.244 e. The molecule has 3 nitrogen and oxygen atoms in total. The number of hydrogen-bond acceptors (Lipinski definition) is 2. The first-order valence-electron chi connectivity index (χ1n) is 9.20. The van der Waals surface area contributed by atoms with Gasteiger partial charge in [0.25, 0.3) is 0 Å². The van der Waals surface area contributed by atoms with Crippen molar-refractivity contribution in [2.45, 2.75) is 64.8 Å². The summed E-state index contributed by atoms with van der Waals surface area (Å²) in [4.78, 5) is 11.9. The molecule has 22 heavy (non-hydrogen) atoms. The van der Waals surface area contributed by atoms with E-state index in [4.69, 9.17) is 5.73 Å². The van der Waals surface area contributed by atoms with Gasteiger partial charge in [0.15, 0.2) is 0 Å². The summed E-state index contributed by atoms with van der Waals surface area (Å²) in [6, 6.07) is 0.719. The largest absolute Gasteiger partial charge is 0.366 e. The first-order valence-corrected chi connectivity index (χ1v) is 9.20. The minimum atomic E-state index is -0.178. The van der Waals surface area contributed by atoms with E-state index in [1.807, 2.05) is 0 Å². The summed E-state index contributed by atoms with van der Waals surface area (Å²) in [6.07, 6.45) is 11.0. The van der Waals surface area contributed by atoms with Crippen LogP contribution in [0.4, 0.5) is 0 Å². The highest BCUT2D eigenvalue weighted by molar-refractivity contribution is 5.94. The molecule has 6 atom stereocenters. The lowest BCUT2D eigenvalue weighted by Crippen LogP contribution is -2.59. The number of piperidine rings is 1. The highest BCUT2D eigenvalue weighted by atomic mass is 16.1. The van der Waals surface area contributed by atoms with Crippen molar-refractivity contribution in [3.63, 3.8) is 0 Å². The quantitative estimate of drug-likeness (QED) is 0.782. The number of carbonyl (C=O) groups excluding carboxylic acids is 1. The normalized spacial score (nSPS) is 50.5. The van der Waals surface area contributed by atoms with Crippen molar-refractivity contribution in [2.75, 3.05) is 6.54 Å². The third kappa shape index (κ3) is 1.81. The number of nitrogens with two attached hydrogens (primary N) is 1. The molecule has 1 saturated heterocycles. The number of nitrogens with one attached hydrogen (secondary N) is 1. The Bertz CT molecular complexity index is 528. The molecule has 4 aliphatic rings. The van der Waals surface area contributed by atoms with Gasteiger partial charge in [-0.15, -0.1) is 0 Å². The molecular weight excluding hydrogens is 272 g/mol. The van der Waals surface area contributed by atoms with E-state index in [1.54, 1.807) is 0 Å². The van der Waals surface area contributed by atoms with E-state index in [-0.39, 0.29) is 11.3 Å². The van der Waals surface area contributed by atoms with Crippen molar-refractivity contribution in [3.8, 4) is 0 Å². The van der Waals surface area contributed by atoms with Gasteiger partial charge >= 0.3 is 0 Å². The summed E-state index contributed by atoms with van der Waals surface area (Å²) in [6.45, 7) is 6.05. The van der Waals surface area contributed by atoms with Crippen LogP contribution in [0.25, 0.3) is 0 Å². The van der Waals surface area contributed by atoms with Crippen LogP contribution >= 0.6 is 0 Å². The average molecular weight is 302 g/mol. The van der Waals surface area contributed by atoms with E-state index in [0.717, 1.165) is 36.3 Å². The van der Waals surface area contributed by atoms with Crippen molar-refractivity contribution < 1.29 is 4.79 Å². The zero-order valence-electron chi connectivity index (χ0n) is 14.0. The Labute approximate surface area is 134 Å². The molecule has 0 spiro atoms. The van der Waals surface area contributed by atoms with Gasteiger partial charge in [-0.05, 0) is 74.7 Å². The third-order valence-electron chi connectivity index (χ3n) is 8.00. The Balaban J connectivity index is 1.64. The zero-order valence-corrected chi connectivity index (χ0v) is 14.0. The molecular formula is C19H30N2O. The summed E-state index contributed by atoms with van der Waals surface area (Å²) in [5, 5.41) is 3.80. The molecule has 122 valence electrons. The van der Waals surface area contributed by atoms with Crippen LogP contribution < -0.4 is 11.1 Å². The first kappa shape index (κ1) is 14.7. The lowest BCUT2D eigenvalue weighted by molar-refractivity contribution is -0.118. The van der Waals surface area contributed by atoms with Crippen LogP contribution in [-0.2, 0) is 4.79 Å². The van der Waals surface area contributed by atoms with Crippen LogP contribution in [0.1, 0.15) is 58.8 Å². The second-order valence-corrected chi connectivity index (χ2v) is 8.74. The van der Waals surface area contributed by atoms with Crippen LogP contribution in [0.15, 0.2) is 11.6 Å². The maximum atomic E-state index is 11.9. The van der Waals surface area contributed by atoms with E-state index in [0.29, 0.717) is 11.3 Å². The van der Waals surface area contributed by atoms with Crippen molar-refractivity contribution in [3.05, 3.63) is 11.6 Å². The molecule has 3 heteroatoms. The maximum absolute atomic E-state index is 11.9. The van der Waals surface area contributed by atoms with Gasteiger partial charge in [0.05, 0.1) is 0 Å². The number of fused-ring (bicyclic) bond motifs is 5. The number of hydrogen-bond donors (Lipinski definition) is 2. The fraction of sp³-hybridized carbons (Fsp3) is 0.842. The number of primary amides is 1. The van der Waals surface area contributed by atoms with Crippen LogP contribution in [0, 0.1) is 28.6 Å². The smallest absolute Gasteiger partial charge is 0.244 e. The zero-order chi connectivity index (χ0) is 15.5. The summed E-state index contributed by atoms with van der Waals surface area (Å²) < 4.78 is 0. The molecule has 0 aromatic heterocycles. The van der Waals surface area contributed by atoms with Gasteiger partial charge in [-0.25, -0.2) is 0 Å². The van der Waals surface area contributed by atoms with Gasteiger partial charge in [0.2, 0.25) is 5.91 Å². The summed E-state index contributed by atoms with van der Waals surface area (Å²) >= 11 is 0. The van der Waals surface area contributed by atoms with E-state index in [9.17, 15) is 4.79 Å². The Hall–Kier alpha value is -0.830. The Morgan fingerprint density at radius 3 is 2.82 bits per heavy atom. The minimum Gasteiger partial charge on any atom is -0.366 e. The lowest BCUT2D eigenvalue weighted by atomic mass is 9.47. The molecule has 1 aliphatic heterocycles. The number of amides is 1. The van der Waals surface area contributed by atoms with Gasteiger partial charge in [0.1, 0.15) is 0 Å². The van der Waals surface area contributed by atoms with E-state index < -0.39 is 0 Å². The molecule has 2 saturated carbocycles. The molecule has 0 radical (unpaired) electrons. The van der Waals surface area contributed by atoms with Gasteiger partial charge in [-0.1, -0.05) is 19.9 Å². The third-order valence-corrected chi connectivity index (χ3v) is 8.00. The molecule has 3 fully saturated rings. The van der Waals surface area contributed by atoms with Crippen LogP contribution in [0.2, 0.25) is 0 Å². The van der Waals surface area contributed by atoms with Gasteiger partial charge in [-0.2, -0.15) is 0 Å². The SMILES string of the molecule is C[C@]12CCCNC1CC[C@@H]1[C@H]2CC[C@]2(C)C(C(N)=O)=CC[C@@H]12. The fourth-order valence-electron chi connectivity index (χ4n) is 6.85. The molecule has 4 rings (SSSR count). The summed E-state index contributed by atoms with van der Waals surface area (Å²) in [7, 11) is 0. The average Bonchev–Trinajstić information content (AvgIpc) is 2.84. The number of allylic oxidation sites excluding steroid dienone is 1. The van der Waals surface area contributed by atoms with Gasteiger partial charge < -0.3 is 11.1 Å². The highest BCUT2D eigenvalue weighted by Crippen LogP contribution is 2.63. The predicted octanol–water partition coefficient (Wildman–Crippen LogP) is 3.00. The predicted molar refractivity (Wildman–Crippen MR) is 88.1 cm³/mol. The van der Waals surface area contributed by atoms with Crippen molar-refractivity contribution in [1.82, 2.24) is 5.32 Å². The molecule has 1 unspecified atom stereocenters. The molecule has 3 N–H and O–H groups in total. The fourth-order valence-corrected chi connectivity index (χ4v) is 6.85. The molecule has 0 aromatic rings. The molecule has 0 bridgehead atoms. The number of rotatable bonds is 1. The minimum absolute atomic E-state index is 0.0539. The molecule has 1 heterocycles. The Morgan fingerprint density at radius 2 is 2.05 bits per heavy atom. The van der Waals surface area contributed by atoms with E-state index >= 15 is 0 Å². The molecule has 1 amide bonds. The Morgan fingerprint density at radius 1 is 1.23 bits per heavy atom. The van der Waals surface area contributed by atoms with Gasteiger partial charge in [-0.3, -0.25) is 4.79 Å². The number of carbonyl (C=O) groups is 1. The van der Waals surface area contributed by atoms with Crippen LogP contribution in [0.3, 0.4) is 0 Å². The lowest BCUT2D eigenvalue weighted by Gasteiger charge is -2.60.